The summed E-state index contributed by atoms with van der Waals surface area (Å²) in [5, 5.41) is 3.85. The molecule has 1 atom stereocenters. The Labute approximate surface area is 189 Å². The molecule has 2 aliphatic rings. The summed E-state index contributed by atoms with van der Waals surface area (Å²) >= 11 is 7.35. The van der Waals surface area contributed by atoms with Crippen molar-refractivity contribution in [1.82, 2.24) is 9.29 Å². The van der Waals surface area contributed by atoms with Gasteiger partial charge in [0.15, 0.2) is 5.13 Å². The monoisotopic (exact) mass is 473 g/mol. The molecule has 3 aromatic rings. The van der Waals surface area contributed by atoms with Crippen molar-refractivity contribution in [3.05, 3.63) is 64.0 Å². The number of aromatic nitrogens is 1. The van der Waals surface area contributed by atoms with Crippen LogP contribution in [0.4, 0.5) is 5.13 Å². The lowest BCUT2D eigenvalue weighted by molar-refractivity contribution is -0.119. The van der Waals surface area contributed by atoms with Crippen molar-refractivity contribution in [1.29, 1.82) is 0 Å². The van der Waals surface area contributed by atoms with Crippen LogP contribution in [0.1, 0.15) is 23.3 Å². The molecule has 1 aliphatic heterocycles. The number of carbonyl (C=O) groups is 1. The van der Waals surface area contributed by atoms with Gasteiger partial charge in [0.1, 0.15) is 6.04 Å². The summed E-state index contributed by atoms with van der Waals surface area (Å²) in [7, 11) is -3.79. The van der Waals surface area contributed by atoms with E-state index in [-0.39, 0.29) is 10.8 Å². The Bertz CT molecular complexity index is 1260. The van der Waals surface area contributed by atoms with E-state index in [4.69, 9.17) is 11.6 Å². The third kappa shape index (κ3) is 3.78. The first-order chi connectivity index (χ1) is 14.9. The third-order valence-electron chi connectivity index (χ3n) is 5.75. The Morgan fingerprint density at radius 2 is 1.90 bits per heavy atom. The van der Waals surface area contributed by atoms with Crippen LogP contribution >= 0.6 is 22.9 Å². The highest BCUT2D eigenvalue weighted by Gasteiger charge is 2.39. The van der Waals surface area contributed by atoms with Crippen LogP contribution in [0.25, 0.3) is 11.3 Å². The Morgan fingerprint density at radius 1 is 1.13 bits per heavy atom. The number of carbonyl (C=O) groups excluding carboxylic acids is 1. The van der Waals surface area contributed by atoms with Crippen LogP contribution in [0.5, 0.6) is 0 Å². The number of rotatable bonds is 4. The van der Waals surface area contributed by atoms with Crippen molar-refractivity contribution >= 4 is 44.0 Å². The lowest BCUT2D eigenvalue weighted by Gasteiger charge is -2.23. The average Bonchev–Trinajstić information content (AvgIpc) is 3.41. The molecule has 1 fully saturated rings. The van der Waals surface area contributed by atoms with Crippen LogP contribution in [-0.2, 0) is 27.7 Å². The molecule has 2 heterocycles. The lowest BCUT2D eigenvalue weighted by atomic mass is 9.94. The summed E-state index contributed by atoms with van der Waals surface area (Å²) < 4.78 is 27.5. The summed E-state index contributed by atoms with van der Waals surface area (Å²) in [4.78, 5) is 19.0. The minimum absolute atomic E-state index is 0.137. The molecule has 1 saturated heterocycles. The number of thiazole rings is 1. The van der Waals surface area contributed by atoms with Gasteiger partial charge in [0.2, 0.25) is 15.9 Å². The van der Waals surface area contributed by atoms with E-state index in [1.54, 1.807) is 0 Å². The van der Waals surface area contributed by atoms with E-state index in [9.17, 15) is 13.2 Å². The average molecular weight is 474 g/mol. The molecule has 5 rings (SSSR count). The maximum atomic E-state index is 13.1. The lowest BCUT2D eigenvalue weighted by Crippen LogP contribution is -2.43. The molecule has 0 spiro atoms. The van der Waals surface area contributed by atoms with E-state index < -0.39 is 16.1 Å². The molecular weight excluding hydrogens is 454 g/mol. The number of nitrogens with one attached hydrogen (secondary N) is 1. The van der Waals surface area contributed by atoms with Crippen LogP contribution in [-0.4, -0.2) is 36.2 Å². The second kappa shape index (κ2) is 8.02. The van der Waals surface area contributed by atoms with Gasteiger partial charge in [-0.15, -0.1) is 11.3 Å². The number of aryl methyl sites for hydroxylation is 2. The molecule has 0 radical (unpaired) electrons. The van der Waals surface area contributed by atoms with Gasteiger partial charge in [0.25, 0.3) is 0 Å². The van der Waals surface area contributed by atoms with E-state index in [1.807, 2.05) is 12.1 Å². The van der Waals surface area contributed by atoms with Crippen molar-refractivity contribution in [2.75, 3.05) is 11.9 Å². The molecule has 0 saturated carbocycles. The molecule has 1 aromatic heterocycles. The number of nitrogens with zero attached hydrogens (tertiary/aromatic N) is 2. The highest BCUT2D eigenvalue weighted by molar-refractivity contribution is 7.89. The van der Waals surface area contributed by atoms with Gasteiger partial charge in [-0.1, -0.05) is 35.9 Å². The van der Waals surface area contributed by atoms with E-state index >= 15 is 0 Å². The molecule has 1 N–H and O–H groups in total. The number of amides is 1. The molecule has 1 aliphatic carbocycles. The summed E-state index contributed by atoms with van der Waals surface area (Å²) in [5.41, 5.74) is 3.28. The summed E-state index contributed by atoms with van der Waals surface area (Å²) in [6.45, 7) is 0.310. The third-order valence-corrected chi connectivity index (χ3v) is 8.95. The SMILES string of the molecule is O=C(Nc1nc2c(s1)CCc1ccccc1-2)C1CCCN1S(=O)(=O)c1ccc(Cl)cc1. The van der Waals surface area contributed by atoms with Crippen molar-refractivity contribution in [2.24, 2.45) is 0 Å². The topological polar surface area (TPSA) is 79.4 Å². The van der Waals surface area contributed by atoms with Crippen LogP contribution in [0.15, 0.2) is 53.4 Å². The fraction of sp³-hybridized carbons (Fsp3) is 0.273. The van der Waals surface area contributed by atoms with Gasteiger partial charge in [0, 0.05) is 22.0 Å². The van der Waals surface area contributed by atoms with E-state index in [0.29, 0.717) is 29.5 Å². The fourth-order valence-electron chi connectivity index (χ4n) is 4.22. The van der Waals surface area contributed by atoms with Crippen LogP contribution in [0.3, 0.4) is 0 Å². The summed E-state index contributed by atoms with van der Waals surface area (Å²) in [6.07, 6.45) is 2.95. The maximum absolute atomic E-state index is 13.1. The molecule has 6 nitrogen and oxygen atoms in total. The minimum atomic E-state index is -3.79. The fourth-order valence-corrected chi connectivity index (χ4v) is 6.98. The number of halogens is 1. The van der Waals surface area contributed by atoms with E-state index in [2.05, 4.69) is 22.4 Å². The molecule has 1 amide bonds. The summed E-state index contributed by atoms with van der Waals surface area (Å²) in [6, 6.07) is 13.4. The molecule has 2 aromatic carbocycles. The first kappa shape index (κ1) is 20.6. The Kier molecular flexibility index (Phi) is 5.34. The van der Waals surface area contributed by atoms with Crippen molar-refractivity contribution in [3.63, 3.8) is 0 Å². The van der Waals surface area contributed by atoms with Gasteiger partial charge in [-0.3, -0.25) is 4.79 Å². The second-order valence-electron chi connectivity index (χ2n) is 7.66. The molecule has 1 unspecified atom stereocenters. The van der Waals surface area contributed by atoms with Crippen molar-refractivity contribution in [2.45, 2.75) is 36.6 Å². The first-order valence-electron chi connectivity index (χ1n) is 10.1. The number of hydrogen-bond donors (Lipinski definition) is 1. The second-order valence-corrected chi connectivity index (χ2v) is 11.1. The number of sulfonamides is 1. The van der Waals surface area contributed by atoms with Gasteiger partial charge < -0.3 is 5.32 Å². The molecular formula is C22H20ClN3O3S2. The normalized spacial score (nSPS) is 18.4. The zero-order valence-corrected chi connectivity index (χ0v) is 18.9. The van der Waals surface area contributed by atoms with Gasteiger partial charge in [-0.25, -0.2) is 13.4 Å². The molecule has 0 bridgehead atoms. The highest BCUT2D eigenvalue weighted by atomic mass is 35.5. The van der Waals surface area contributed by atoms with E-state index in [0.717, 1.165) is 29.0 Å². The Morgan fingerprint density at radius 3 is 2.71 bits per heavy atom. The first-order valence-corrected chi connectivity index (χ1v) is 12.7. The Balaban J connectivity index is 1.37. The van der Waals surface area contributed by atoms with Crippen LogP contribution in [0.2, 0.25) is 5.02 Å². The maximum Gasteiger partial charge on any atom is 0.244 e. The number of fused-ring (bicyclic) bond motifs is 3. The van der Waals surface area contributed by atoms with Crippen LogP contribution in [0, 0.1) is 0 Å². The highest BCUT2D eigenvalue weighted by Crippen LogP contribution is 2.38. The van der Waals surface area contributed by atoms with Crippen molar-refractivity contribution in [3.8, 4) is 11.3 Å². The standard InChI is InChI=1S/C22H20ClN3O3S2/c23-15-8-10-16(11-9-15)31(28,29)26-13-3-6-18(26)21(27)25-22-24-20-17-5-2-1-4-14(17)7-12-19(20)30-22/h1-2,4-5,8-11,18H,3,6-7,12-13H2,(H,24,25,27). The quantitative estimate of drug-likeness (QED) is 0.610. The van der Waals surface area contributed by atoms with Gasteiger partial charge in [0.05, 0.1) is 10.6 Å². The van der Waals surface area contributed by atoms with E-state index in [1.165, 1.54) is 45.5 Å². The largest absolute Gasteiger partial charge is 0.301 e. The Hall–Kier alpha value is -2.26. The van der Waals surface area contributed by atoms with Gasteiger partial charge >= 0.3 is 0 Å². The smallest absolute Gasteiger partial charge is 0.244 e. The van der Waals surface area contributed by atoms with Crippen molar-refractivity contribution < 1.29 is 13.2 Å². The van der Waals surface area contributed by atoms with Gasteiger partial charge in [-0.2, -0.15) is 4.31 Å². The molecule has 9 heteroatoms. The minimum Gasteiger partial charge on any atom is -0.301 e. The zero-order chi connectivity index (χ0) is 21.6. The predicted octanol–water partition coefficient (Wildman–Crippen LogP) is 4.35. The number of benzene rings is 2. The number of hydrogen-bond acceptors (Lipinski definition) is 5. The predicted molar refractivity (Wildman–Crippen MR) is 122 cm³/mol. The number of anilines is 1. The summed E-state index contributed by atoms with van der Waals surface area (Å²) in [5.74, 6) is -0.338. The molecule has 31 heavy (non-hydrogen) atoms. The molecule has 160 valence electrons. The van der Waals surface area contributed by atoms with Gasteiger partial charge in [-0.05, 0) is 55.5 Å². The zero-order valence-electron chi connectivity index (χ0n) is 16.5. The van der Waals surface area contributed by atoms with Crippen LogP contribution < -0.4 is 5.32 Å².